The molecule has 2 rings (SSSR count). The normalized spacial score (nSPS) is 12.7. The number of hydrogen-bond donors (Lipinski definition) is 4. The van der Waals surface area contributed by atoms with E-state index in [-0.39, 0.29) is 5.37 Å². The number of rotatable bonds is 11. The van der Waals surface area contributed by atoms with Gasteiger partial charge in [0.25, 0.3) is 0 Å². The van der Waals surface area contributed by atoms with Crippen LogP contribution in [0, 0.1) is 5.82 Å². The second kappa shape index (κ2) is 12.3. The van der Waals surface area contributed by atoms with Crippen LogP contribution in [0.1, 0.15) is 6.92 Å². The Balaban J connectivity index is 2.13. The third-order valence-electron chi connectivity index (χ3n) is 4.06. The van der Waals surface area contributed by atoms with Gasteiger partial charge in [-0.05, 0) is 44.1 Å². The molecule has 0 bridgehead atoms. The summed E-state index contributed by atoms with van der Waals surface area (Å²) in [4.78, 5) is 2.42. The Morgan fingerprint density at radius 1 is 1.30 bits per heavy atom. The zero-order chi connectivity index (χ0) is 22.1. The van der Waals surface area contributed by atoms with Gasteiger partial charge in [0.2, 0.25) is 0 Å². The van der Waals surface area contributed by atoms with E-state index in [9.17, 15) is 8.78 Å². The zero-order valence-electron chi connectivity index (χ0n) is 17.0. The molecular formula is C20H26ClF2N5S2. The number of nitrogens with one attached hydrogen (secondary N) is 3. The van der Waals surface area contributed by atoms with Gasteiger partial charge in [-0.25, -0.2) is 9.11 Å². The zero-order valence-corrected chi connectivity index (χ0v) is 19.4. The standard InChI is InChI=1S/C20H26ClF2N5S2/c1-13(29-20(23)12-24)27-30-19-10-14(21)17(11-15(19)22)26-16-6-4-5-7-18(16)28(3)9-8-25-2/h4-7,10-13,25-27H,8-9,24H2,1-3H3/b20-12-. The van der Waals surface area contributed by atoms with Crippen molar-refractivity contribution in [3.8, 4) is 0 Å². The first-order valence-electron chi connectivity index (χ1n) is 9.23. The van der Waals surface area contributed by atoms with Crippen molar-refractivity contribution in [2.24, 2.45) is 5.73 Å². The summed E-state index contributed by atoms with van der Waals surface area (Å²) in [6, 6.07) is 10.7. The summed E-state index contributed by atoms with van der Waals surface area (Å²) in [5.41, 5.74) is 7.39. The first-order chi connectivity index (χ1) is 14.3. The molecule has 5 N–H and O–H groups in total. The predicted molar refractivity (Wildman–Crippen MR) is 128 cm³/mol. The Kier molecular flexibility index (Phi) is 10.1. The van der Waals surface area contributed by atoms with Crippen LogP contribution < -0.4 is 26.0 Å². The van der Waals surface area contributed by atoms with Gasteiger partial charge in [-0.2, -0.15) is 4.39 Å². The maximum atomic E-state index is 14.6. The third-order valence-corrected chi connectivity index (χ3v) is 6.36. The van der Waals surface area contributed by atoms with Crippen LogP contribution in [0.4, 0.5) is 25.8 Å². The Hall–Kier alpha value is -1.65. The fourth-order valence-electron chi connectivity index (χ4n) is 2.54. The summed E-state index contributed by atoms with van der Waals surface area (Å²) in [5, 5.41) is 5.90. The summed E-state index contributed by atoms with van der Waals surface area (Å²) < 4.78 is 30.8. The van der Waals surface area contributed by atoms with Crippen molar-refractivity contribution < 1.29 is 8.78 Å². The molecule has 0 aromatic heterocycles. The van der Waals surface area contributed by atoms with Crippen LogP contribution >= 0.6 is 35.3 Å². The van der Waals surface area contributed by atoms with Gasteiger partial charge >= 0.3 is 0 Å². The van der Waals surface area contributed by atoms with Crippen molar-refractivity contribution >= 4 is 52.4 Å². The molecule has 1 unspecified atom stereocenters. The minimum absolute atomic E-state index is 0.314. The lowest BCUT2D eigenvalue weighted by Gasteiger charge is -2.23. The van der Waals surface area contributed by atoms with Gasteiger partial charge in [0.05, 0.1) is 32.4 Å². The molecule has 5 nitrogen and oxygen atoms in total. The van der Waals surface area contributed by atoms with Gasteiger partial charge in [-0.3, -0.25) is 0 Å². The van der Waals surface area contributed by atoms with Crippen LogP contribution in [0.3, 0.4) is 0 Å². The van der Waals surface area contributed by atoms with E-state index in [0.717, 1.165) is 54.4 Å². The minimum Gasteiger partial charge on any atom is -0.402 e. The number of anilines is 3. The largest absolute Gasteiger partial charge is 0.402 e. The number of benzene rings is 2. The maximum absolute atomic E-state index is 14.6. The van der Waals surface area contributed by atoms with Crippen LogP contribution in [0.15, 0.2) is 52.7 Å². The highest BCUT2D eigenvalue weighted by Crippen LogP contribution is 2.35. The molecule has 2 aromatic carbocycles. The molecule has 30 heavy (non-hydrogen) atoms. The molecule has 0 fully saturated rings. The molecule has 0 radical (unpaired) electrons. The average molecular weight is 474 g/mol. The van der Waals surface area contributed by atoms with Crippen molar-refractivity contribution in [2.75, 3.05) is 37.4 Å². The van der Waals surface area contributed by atoms with E-state index >= 15 is 0 Å². The van der Waals surface area contributed by atoms with Gasteiger partial charge in [0.1, 0.15) is 5.82 Å². The van der Waals surface area contributed by atoms with Crippen molar-refractivity contribution in [3.63, 3.8) is 0 Å². The summed E-state index contributed by atoms with van der Waals surface area (Å²) >= 11 is 8.35. The molecule has 0 aliphatic carbocycles. The summed E-state index contributed by atoms with van der Waals surface area (Å²) in [5.74, 6) is -0.438. The summed E-state index contributed by atoms with van der Waals surface area (Å²) in [7, 11) is 3.90. The third kappa shape index (κ3) is 7.24. The van der Waals surface area contributed by atoms with Gasteiger partial charge in [-0.1, -0.05) is 35.5 Å². The molecule has 10 heteroatoms. The van der Waals surface area contributed by atoms with Crippen LogP contribution in [0.2, 0.25) is 5.02 Å². The van der Waals surface area contributed by atoms with Gasteiger partial charge in [0, 0.05) is 32.4 Å². The SMILES string of the molecule is CNCCN(C)c1ccccc1Nc1cc(F)c(SNC(C)S/C(F)=C\N)cc1Cl. The van der Waals surface area contributed by atoms with Crippen molar-refractivity contribution in [2.45, 2.75) is 17.2 Å². The molecule has 0 amide bonds. The first kappa shape index (κ1) is 24.6. The molecule has 0 aliphatic rings. The fraction of sp³-hybridized carbons (Fsp3) is 0.300. The van der Waals surface area contributed by atoms with Gasteiger partial charge in [0.15, 0.2) is 5.16 Å². The maximum Gasteiger partial charge on any atom is 0.173 e. The molecule has 164 valence electrons. The first-order valence-corrected chi connectivity index (χ1v) is 11.3. The molecule has 0 saturated carbocycles. The number of thioether (sulfide) groups is 1. The van der Waals surface area contributed by atoms with E-state index in [1.165, 1.54) is 12.1 Å². The lowest BCUT2D eigenvalue weighted by atomic mass is 10.2. The number of nitrogens with two attached hydrogens (primary N) is 1. The molecule has 1 atom stereocenters. The Bertz CT molecular complexity index is 869. The Morgan fingerprint density at radius 2 is 2.03 bits per heavy atom. The van der Waals surface area contributed by atoms with Crippen molar-refractivity contribution in [1.29, 1.82) is 0 Å². The smallest absolute Gasteiger partial charge is 0.173 e. The van der Waals surface area contributed by atoms with E-state index in [1.807, 2.05) is 38.4 Å². The number of halogens is 3. The highest BCUT2D eigenvalue weighted by molar-refractivity contribution is 8.04. The van der Waals surface area contributed by atoms with Crippen LogP contribution in [-0.2, 0) is 0 Å². The van der Waals surface area contributed by atoms with E-state index in [4.69, 9.17) is 17.3 Å². The number of hydrogen-bond acceptors (Lipinski definition) is 7. The monoisotopic (exact) mass is 473 g/mol. The lowest BCUT2D eigenvalue weighted by molar-refractivity contribution is 0.602. The van der Waals surface area contributed by atoms with Crippen molar-refractivity contribution in [3.05, 3.63) is 58.6 Å². The Labute approximate surface area is 189 Å². The van der Waals surface area contributed by atoms with E-state index in [2.05, 4.69) is 20.3 Å². The summed E-state index contributed by atoms with van der Waals surface area (Å²) in [6.45, 7) is 3.40. The number of para-hydroxylation sites is 2. The van der Waals surface area contributed by atoms with Crippen molar-refractivity contribution in [1.82, 2.24) is 10.0 Å². The minimum atomic E-state index is -0.507. The molecule has 2 aromatic rings. The van der Waals surface area contributed by atoms with Gasteiger partial charge < -0.3 is 21.3 Å². The van der Waals surface area contributed by atoms with E-state index < -0.39 is 11.0 Å². The molecular weight excluding hydrogens is 448 g/mol. The quantitative estimate of drug-likeness (QED) is 0.261. The van der Waals surface area contributed by atoms with Crippen LogP contribution in [-0.4, -0.2) is 32.6 Å². The van der Waals surface area contributed by atoms with Crippen LogP contribution in [0.5, 0.6) is 0 Å². The second-order valence-electron chi connectivity index (χ2n) is 6.38. The topological polar surface area (TPSA) is 65.3 Å². The average Bonchev–Trinajstić information content (AvgIpc) is 2.73. The number of nitrogens with zero attached hydrogens (tertiary/aromatic N) is 1. The molecule has 0 spiro atoms. The predicted octanol–water partition coefficient (Wildman–Crippen LogP) is 5.28. The van der Waals surface area contributed by atoms with Gasteiger partial charge in [-0.15, -0.1) is 0 Å². The highest BCUT2D eigenvalue weighted by atomic mass is 35.5. The highest BCUT2D eigenvalue weighted by Gasteiger charge is 2.14. The van der Waals surface area contributed by atoms with E-state index in [0.29, 0.717) is 15.6 Å². The molecule has 0 saturated heterocycles. The fourth-order valence-corrected chi connectivity index (χ4v) is 4.19. The van der Waals surface area contributed by atoms with E-state index in [1.54, 1.807) is 6.92 Å². The van der Waals surface area contributed by atoms with Crippen LogP contribution in [0.25, 0.3) is 0 Å². The summed E-state index contributed by atoms with van der Waals surface area (Å²) in [6.07, 6.45) is 0.888. The molecule has 0 aliphatic heterocycles. The molecule has 0 heterocycles. The Morgan fingerprint density at radius 3 is 2.73 bits per heavy atom. The lowest BCUT2D eigenvalue weighted by Crippen LogP contribution is -2.27. The number of likely N-dealkylation sites (N-methyl/N-ethyl adjacent to an activating group) is 2. The second-order valence-corrected chi connectivity index (χ2v) is 9.00.